The number of ether oxygens (including phenoxy) is 2. The molecule has 0 aliphatic heterocycles. The van der Waals surface area contributed by atoms with E-state index >= 15 is 0 Å². The lowest BCUT2D eigenvalue weighted by atomic mass is 10.2. The molecular formula is C14H17BrN2O3. The van der Waals surface area contributed by atoms with E-state index in [0.717, 1.165) is 10.2 Å². The first-order valence-corrected chi connectivity index (χ1v) is 7.00. The van der Waals surface area contributed by atoms with Gasteiger partial charge in [0.05, 0.1) is 30.5 Å². The summed E-state index contributed by atoms with van der Waals surface area (Å²) in [6.07, 6.45) is 0. The molecule has 0 amide bonds. The Balaban J connectivity index is 2.92. The fourth-order valence-corrected chi connectivity index (χ4v) is 2.31. The summed E-state index contributed by atoms with van der Waals surface area (Å²) in [5.74, 6) is -0.292. The van der Waals surface area contributed by atoms with Crippen LogP contribution in [0.15, 0.2) is 22.7 Å². The number of benzene rings is 1. The van der Waals surface area contributed by atoms with Crippen LogP contribution >= 0.6 is 15.9 Å². The minimum atomic E-state index is -0.292. The van der Waals surface area contributed by atoms with E-state index in [0.29, 0.717) is 25.3 Å². The van der Waals surface area contributed by atoms with Crippen molar-refractivity contribution in [2.24, 2.45) is 0 Å². The number of esters is 1. The van der Waals surface area contributed by atoms with Gasteiger partial charge in [0.2, 0.25) is 0 Å². The molecule has 1 aromatic rings. The Bertz CT molecular complexity index is 500. The highest BCUT2D eigenvalue weighted by Gasteiger charge is 2.15. The Labute approximate surface area is 127 Å². The number of anilines is 1. The van der Waals surface area contributed by atoms with E-state index < -0.39 is 0 Å². The molecule has 20 heavy (non-hydrogen) atoms. The molecule has 0 spiro atoms. The zero-order valence-electron chi connectivity index (χ0n) is 11.6. The number of halogens is 1. The van der Waals surface area contributed by atoms with Gasteiger partial charge in [-0.05, 0) is 41.1 Å². The average molecular weight is 341 g/mol. The number of nitrogens with zero attached hydrogens (tertiary/aromatic N) is 2. The van der Waals surface area contributed by atoms with Crippen LogP contribution in [0.25, 0.3) is 0 Å². The van der Waals surface area contributed by atoms with Gasteiger partial charge in [0.15, 0.2) is 0 Å². The molecule has 0 saturated heterocycles. The lowest BCUT2D eigenvalue weighted by Crippen LogP contribution is -2.34. The van der Waals surface area contributed by atoms with Gasteiger partial charge < -0.3 is 14.4 Å². The van der Waals surface area contributed by atoms with Crippen molar-refractivity contribution in [3.8, 4) is 6.07 Å². The van der Waals surface area contributed by atoms with Crippen molar-refractivity contribution >= 4 is 27.6 Å². The Kier molecular flexibility index (Phi) is 7.05. The number of hydrogen-bond donors (Lipinski definition) is 0. The van der Waals surface area contributed by atoms with Gasteiger partial charge in [0, 0.05) is 18.1 Å². The molecule has 0 bridgehead atoms. The summed E-state index contributed by atoms with van der Waals surface area (Å²) in [5.41, 5.74) is 1.39. The molecule has 108 valence electrons. The van der Waals surface area contributed by atoms with Crippen molar-refractivity contribution < 1.29 is 14.3 Å². The fourth-order valence-electron chi connectivity index (χ4n) is 1.68. The van der Waals surface area contributed by atoms with E-state index in [1.807, 2.05) is 4.90 Å². The van der Waals surface area contributed by atoms with Crippen LogP contribution in [0, 0.1) is 11.3 Å². The number of carbonyl (C=O) groups excluding carboxylic acids is 1. The summed E-state index contributed by atoms with van der Waals surface area (Å²) in [4.78, 5) is 13.5. The summed E-state index contributed by atoms with van der Waals surface area (Å²) in [5, 5.41) is 8.87. The summed E-state index contributed by atoms with van der Waals surface area (Å²) in [6, 6.07) is 7.31. The number of nitriles is 1. The third-order valence-corrected chi connectivity index (χ3v) is 3.24. The Hall–Kier alpha value is -1.58. The lowest BCUT2D eigenvalue weighted by molar-refractivity contribution is -0.141. The number of carbonyl (C=O) groups is 1. The molecule has 0 heterocycles. The first-order valence-electron chi connectivity index (χ1n) is 6.21. The highest BCUT2D eigenvalue weighted by atomic mass is 79.9. The van der Waals surface area contributed by atoms with E-state index in [1.54, 1.807) is 32.2 Å². The highest BCUT2D eigenvalue weighted by molar-refractivity contribution is 9.10. The molecule has 1 aromatic carbocycles. The molecule has 1 rings (SSSR count). The van der Waals surface area contributed by atoms with Crippen molar-refractivity contribution in [3.63, 3.8) is 0 Å². The van der Waals surface area contributed by atoms with Crippen molar-refractivity contribution in [2.45, 2.75) is 6.92 Å². The number of rotatable bonds is 7. The second-order valence-electron chi connectivity index (χ2n) is 4.00. The summed E-state index contributed by atoms with van der Waals surface area (Å²) >= 11 is 3.42. The molecule has 0 N–H and O–H groups in total. The Morgan fingerprint density at radius 3 is 2.80 bits per heavy atom. The van der Waals surface area contributed by atoms with Gasteiger partial charge in [0.1, 0.15) is 6.54 Å². The molecule has 5 nitrogen and oxygen atoms in total. The van der Waals surface area contributed by atoms with Gasteiger partial charge >= 0.3 is 5.97 Å². The van der Waals surface area contributed by atoms with Crippen LogP contribution in [0.1, 0.15) is 12.5 Å². The van der Waals surface area contributed by atoms with Crippen LogP contribution in [0.3, 0.4) is 0 Å². The molecular weight excluding hydrogens is 324 g/mol. The molecule has 0 unspecified atom stereocenters. The number of hydrogen-bond acceptors (Lipinski definition) is 5. The molecule has 6 heteroatoms. The van der Waals surface area contributed by atoms with Crippen LogP contribution in [-0.2, 0) is 14.3 Å². The van der Waals surface area contributed by atoms with Crippen LogP contribution in [-0.4, -0.2) is 39.4 Å². The first kappa shape index (κ1) is 16.5. The van der Waals surface area contributed by atoms with Gasteiger partial charge in [-0.2, -0.15) is 5.26 Å². The second-order valence-corrected chi connectivity index (χ2v) is 4.85. The zero-order chi connectivity index (χ0) is 15.0. The maximum absolute atomic E-state index is 11.7. The molecule has 0 aromatic heterocycles. The van der Waals surface area contributed by atoms with Crippen molar-refractivity contribution in [1.29, 1.82) is 5.26 Å². The van der Waals surface area contributed by atoms with Crippen molar-refractivity contribution in [3.05, 3.63) is 28.2 Å². The van der Waals surface area contributed by atoms with Gasteiger partial charge in [0.25, 0.3) is 0 Å². The maximum atomic E-state index is 11.7. The standard InChI is InChI=1S/C14H17BrN2O3/c1-3-20-14(18)10-17(6-7-19-2)13-5-4-11(9-16)8-12(13)15/h4-5,8H,3,6-7,10H2,1-2H3. The van der Waals surface area contributed by atoms with E-state index in [-0.39, 0.29) is 12.5 Å². The quantitative estimate of drug-likeness (QED) is 0.713. The lowest BCUT2D eigenvalue weighted by Gasteiger charge is -2.24. The molecule has 0 aliphatic rings. The Morgan fingerprint density at radius 2 is 2.25 bits per heavy atom. The largest absolute Gasteiger partial charge is 0.465 e. The van der Waals surface area contributed by atoms with Crippen molar-refractivity contribution in [2.75, 3.05) is 38.3 Å². The molecule has 0 atom stereocenters. The predicted octanol–water partition coefficient (Wildman–Crippen LogP) is 2.34. The third kappa shape index (κ3) is 4.83. The van der Waals surface area contributed by atoms with Crippen LogP contribution < -0.4 is 4.90 Å². The predicted molar refractivity (Wildman–Crippen MR) is 79.6 cm³/mol. The molecule has 0 fully saturated rings. The smallest absolute Gasteiger partial charge is 0.325 e. The Morgan fingerprint density at radius 1 is 1.50 bits per heavy atom. The highest BCUT2D eigenvalue weighted by Crippen LogP contribution is 2.27. The van der Waals surface area contributed by atoms with Crippen molar-refractivity contribution in [1.82, 2.24) is 0 Å². The number of methoxy groups -OCH3 is 1. The summed E-state index contributed by atoms with van der Waals surface area (Å²) < 4.78 is 10.8. The van der Waals surface area contributed by atoms with Gasteiger partial charge in [-0.25, -0.2) is 0 Å². The van der Waals surface area contributed by atoms with E-state index in [4.69, 9.17) is 14.7 Å². The second kappa shape index (κ2) is 8.56. The molecule has 0 saturated carbocycles. The topological polar surface area (TPSA) is 62.6 Å². The van der Waals surface area contributed by atoms with Crippen LogP contribution in [0.5, 0.6) is 0 Å². The first-order chi connectivity index (χ1) is 9.62. The molecule has 0 aliphatic carbocycles. The molecule has 0 radical (unpaired) electrons. The van der Waals surface area contributed by atoms with E-state index in [1.165, 1.54) is 0 Å². The normalized spacial score (nSPS) is 9.90. The minimum absolute atomic E-state index is 0.141. The van der Waals surface area contributed by atoms with Crippen LogP contribution in [0.2, 0.25) is 0 Å². The third-order valence-electron chi connectivity index (χ3n) is 2.61. The average Bonchev–Trinajstić information content (AvgIpc) is 2.43. The minimum Gasteiger partial charge on any atom is -0.465 e. The summed E-state index contributed by atoms with van der Waals surface area (Å²) in [7, 11) is 1.61. The van der Waals surface area contributed by atoms with Gasteiger partial charge in [-0.15, -0.1) is 0 Å². The SMILES string of the molecule is CCOC(=O)CN(CCOC)c1ccc(C#N)cc1Br. The zero-order valence-corrected chi connectivity index (χ0v) is 13.1. The van der Waals surface area contributed by atoms with Gasteiger partial charge in [-0.1, -0.05) is 0 Å². The monoisotopic (exact) mass is 340 g/mol. The van der Waals surface area contributed by atoms with Crippen LogP contribution in [0.4, 0.5) is 5.69 Å². The van der Waals surface area contributed by atoms with Gasteiger partial charge in [-0.3, -0.25) is 4.79 Å². The maximum Gasteiger partial charge on any atom is 0.325 e. The fraction of sp³-hybridized carbons (Fsp3) is 0.429. The van der Waals surface area contributed by atoms with E-state index in [2.05, 4.69) is 22.0 Å². The van der Waals surface area contributed by atoms with E-state index in [9.17, 15) is 4.79 Å². The summed E-state index contributed by atoms with van der Waals surface area (Å²) in [6.45, 7) is 3.31.